The van der Waals surface area contributed by atoms with E-state index in [0.29, 0.717) is 24.4 Å². The molecule has 0 unspecified atom stereocenters. The molecule has 0 aliphatic carbocycles. The minimum atomic E-state index is -4.11. The molecule has 38 heavy (non-hydrogen) atoms. The Morgan fingerprint density at radius 3 is 2.55 bits per heavy atom. The Kier molecular flexibility index (Phi) is 7.46. The highest BCUT2D eigenvalue weighted by molar-refractivity contribution is 8.04. The molecule has 2 aromatic carbocycles. The van der Waals surface area contributed by atoms with Gasteiger partial charge in [-0.15, -0.1) is 0 Å². The zero-order valence-corrected chi connectivity index (χ0v) is 23.5. The fourth-order valence-electron chi connectivity index (χ4n) is 4.44. The summed E-state index contributed by atoms with van der Waals surface area (Å²) in [5.74, 6) is -0.0661. The summed E-state index contributed by atoms with van der Waals surface area (Å²) in [5.41, 5.74) is 2.48. The first-order valence-corrected chi connectivity index (χ1v) is 16.5. The number of ether oxygens (including phenoxy) is 1. The van der Waals surface area contributed by atoms with Crippen molar-refractivity contribution in [1.82, 2.24) is 0 Å². The molecule has 0 fully saturated rings. The molecule has 0 radical (unpaired) electrons. The smallest absolute Gasteiger partial charge is 0.265 e. The molecule has 0 saturated heterocycles. The van der Waals surface area contributed by atoms with Gasteiger partial charge in [0.1, 0.15) is 16.0 Å². The van der Waals surface area contributed by atoms with Crippen LogP contribution in [-0.2, 0) is 26.8 Å². The highest BCUT2D eigenvalue weighted by Gasteiger charge is 2.29. The summed E-state index contributed by atoms with van der Waals surface area (Å²) >= 11 is 3.06. The lowest BCUT2D eigenvalue weighted by Gasteiger charge is -2.20. The molecule has 3 heterocycles. The van der Waals surface area contributed by atoms with Crippen molar-refractivity contribution in [2.24, 2.45) is 0 Å². The van der Waals surface area contributed by atoms with Crippen molar-refractivity contribution in [2.45, 2.75) is 24.3 Å². The molecule has 0 atom stereocenters. The summed E-state index contributed by atoms with van der Waals surface area (Å²) in [4.78, 5) is 2.97. The Balaban J connectivity index is 1.58. The number of hydrogen-bond acceptors (Lipinski definition) is 9. The summed E-state index contributed by atoms with van der Waals surface area (Å²) in [6.45, 7) is 0.690. The minimum Gasteiger partial charge on any atom is -0.497 e. The number of thioether (sulfide) groups is 1. The SMILES string of the molecule is COc1ccc2c(c1)N(CCCS(=O)(=O)O)/C(=C/c1sc3ccc4occc4c3[n+]1CCCS(=O)(=O)O)S2. The molecule has 0 spiro atoms. The Labute approximate surface area is 228 Å². The molecule has 0 amide bonds. The van der Waals surface area contributed by atoms with Gasteiger partial charge in [0, 0.05) is 23.9 Å². The largest absolute Gasteiger partial charge is 0.497 e. The molecule has 2 aromatic heterocycles. The first-order chi connectivity index (χ1) is 18.0. The van der Waals surface area contributed by atoms with Gasteiger partial charge in [-0.05, 0) is 36.8 Å². The van der Waals surface area contributed by atoms with E-state index in [2.05, 4.69) is 0 Å². The van der Waals surface area contributed by atoms with Crippen molar-refractivity contribution >= 4 is 76.3 Å². The number of benzene rings is 2. The molecule has 0 saturated carbocycles. The average Bonchev–Trinajstić information content (AvgIpc) is 3.53. The number of methoxy groups -OCH3 is 1. The Morgan fingerprint density at radius 2 is 1.82 bits per heavy atom. The van der Waals surface area contributed by atoms with Gasteiger partial charge in [0.05, 0.1) is 47.1 Å². The maximum atomic E-state index is 11.4. The van der Waals surface area contributed by atoms with Crippen LogP contribution in [-0.4, -0.2) is 51.1 Å². The van der Waals surface area contributed by atoms with Crippen molar-refractivity contribution in [2.75, 3.05) is 30.1 Å². The van der Waals surface area contributed by atoms with Crippen LogP contribution in [0.5, 0.6) is 5.75 Å². The van der Waals surface area contributed by atoms with Crippen LogP contribution in [0.15, 0.2) is 57.0 Å². The number of rotatable bonds is 10. The van der Waals surface area contributed by atoms with E-state index in [0.717, 1.165) is 36.2 Å². The lowest BCUT2D eigenvalue weighted by Crippen LogP contribution is -2.36. The standard InChI is InChI=1S/C24H24N2O8S4/c1-33-16-4-6-20-18(14-16)25(9-2-12-37(27,28)29)22(35-20)15-23-26(10-3-13-38(30,31)32)24-17-8-11-34-19(17)5-7-21(24)36-23/h4-8,11,14-15H,2-3,9-10,12-13H2,1H3,(H-,27,28,29,30,31,32)/p+1. The van der Waals surface area contributed by atoms with Crippen LogP contribution < -0.4 is 14.2 Å². The predicted molar refractivity (Wildman–Crippen MR) is 148 cm³/mol. The second-order valence-electron chi connectivity index (χ2n) is 8.69. The molecular weight excluding hydrogens is 573 g/mol. The zero-order valence-electron chi connectivity index (χ0n) is 20.2. The fraction of sp³-hybridized carbons (Fsp3) is 0.292. The van der Waals surface area contributed by atoms with Crippen molar-refractivity contribution < 1.29 is 39.7 Å². The number of furan rings is 1. The second-order valence-corrected chi connectivity index (χ2v) is 14.0. The van der Waals surface area contributed by atoms with Gasteiger partial charge < -0.3 is 14.1 Å². The Morgan fingerprint density at radius 1 is 1.05 bits per heavy atom. The highest BCUT2D eigenvalue weighted by Crippen LogP contribution is 2.48. The van der Waals surface area contributed by atoms with Gasteiger partial charge in [0.2, 0.25) is 5.52 Å². The molecule has 10 nitrogen and oxygen atoms in total. The number of hydrogen-bond donors (Lipinski definition) is 2. The zero-order chi connectivity index (χ0) is 27.1. The lowest BCUT2D eigenvalue weighted by atomic mass is 10.2. The third kappa shape index (κ3) is 5.84. The number of aryl methyl sites for hydroxylation is 1. The fourth-order valence-corrected chi connectivity index (χ4v) is 7.75. The predicted octanol–water partition coefficient (Wildman–Crippen LogP) is 4.41. The second kappa shape index (κ2) is 10.5. The van der Waals surface area contributed by atoms with E-state index in [9.17, 15) is 25.9 Å². The van der Waals surface area contributed by atoms with Crippen LogP contribution in [0.4, 0.5) is 5.69 Å². The molecule has 202 valence electrons. The van der Waals surface area contributed by atoms with E-state index in [1.165, 1.54) is 23.1 Å². The topological polar surface area (TPSA) is 138 Å². The summed E-state index contributed by atoms with van der Waals surface area (Å²) in [6, 6.07) is 11.4. The molecule has 1 aliphatic rings. The van der Waals surface area contributed by atoms with Crippen LogP contribution >= 0.6 is 23.1 Å². The maximum absolute atomic E-state index is 11.4. The van der Waals surface area contributed by atoms with E-state index in [1.54, 1.807) is 13.4 Å². The van der Waals surface area contributed by atoms with Gasteiger partial charge in [0.15, 0.2) is 6.54 Å². The van der Waals surface area contributed by atoms with Crippen LogP contribution in [0.3, 0.4) is 0 Å². The minimum absolute atomic E-state index is 0.211. The van der Waals surface area contributed by atoms with Crippen LogP contribution in [0.1, 0.15) is 17.8 Å². The number of anilines is 1. The van der Waals surface area contributed by atoms with Crippen molar-refractivity contribution in [3.63, 3.8) is 0 Å². The van der Waals surface area contributed by atoms with Crippen molar-refractivity contribution in [3.05, 3.63) is 52.7 Å². The Bertz CT molecular complexity index is 1760. The maximum Gasteiger partial charge on any atom is 0.265 e. The van der Waals surface area contributed by atoms with E-state index < -0.39 is 20.2 Å². The number of thiazole rings is 1. The molecule has 1 aliphatic heterocycles. The van der Waals surface area contributed by atoms with Gasteiger partial charge >= 0.3 is 0 Å². The van der Waals surface area contributed by atoms with E-state index >= 15 is 0 Å². The first-order valence-electron chi connectivity index (χ1n) is 11.6. The van der Waals surface area contributed by atoms with E-state index in [-0.39, 0.29) is 24.3 Å². The van der Waals surface area contributed by atoms with Gasteiger partial charge in [-0.3, -0.25) is 9.11 Å². The van der Waals surface area contributed by atoms with Crippen molar-refractivity contribution in [1.29, 1.82) is 0 Å². The Hall–Kier alpha value is -2.62. The van der Waals surface area contributed by atoms with Crippen LogP contribution in [0.2, 0.25) is 0 Å². The normalized spacial score (nSPS) is 15.1. The molecular formula is C24H25N2O8S4+. The lowest BCUT2D eigenvalue weighted by molar-refractivity contribution is -0.667. The number of aromatic nitrogens is 1. The van der Waals surface area contributed by atoms with E-state index in [1.807, 2.05) is 51.9 Å². The van der Waals surface area contributed by atoms with Gasteiger partial charge in [-0.1, -0.05) is 23.1 Å². The molecule has 14 heteroatoms. The monoisotopic (exact) mass is 597 g/mol. The third-order valence-electron chi connectivity index (χ3n) is 6.07. The molecule has 0 bridgehead atoms. The summed E-state index contributed by atoms with van der Waals surface area (Å²) in [5, 5.41) is 2.60. The van der Waals surface area contributed by atoms with Crippen LogP contribution in [0.25, 0.3) is 27.3 Å². The molecule has 4 aromatic rings. The summed E-state index contributed by atoms with van der Waals surface area (Å²) in [7, 11) is -6.64. The third-order valence-corrected chi connectivity index (χ3v) is 9.89. The van der Waals surface area contributed by atoms with Gasteiger partial charge in [-0.25, -0.2) is 0 Å². The summed E-state index contributed by atoms with van der Waals surface area (Å²) < 4.78 is 78.0. The van der Waals surface area contributed by atoms with Crippen LogP contribution in [0, 0.1) is 0 Å². The van der Waals surface area contributed by atoms with Gasteiger partial charge in [-0.2, -0.15) is 21.4 Å². The van der Waals surface area contributed by atoms with Crippen molar-refractivity contribution in [3.8, 4) is 5.75 Å². The number of nitrogens with zero attached hydrogens (tertiary/aromatic N) is 2. The molecule has 2 N–H and O–H groups in total. The quantitative estimate of drug-likeness (QED) is 0.200. The van der Waals surface area contributed by atoms with Gasteiger partial charge in [0.25, 0.3) is 25.2 Å². The van der Waals surface area contributed by atoms with E-state index in [4.69, 9.17) is 9.15 Å². The first kappa shape index (κ1) is 27.0. The highest BCUT2D eigenvalue weighted by atomic mass is 32.2. The summed E-state index contributed by atoms with van der Waals surface area (Å²) in [6.07, 6.45) is 4.02. The average molecular weight is 598 g/mol. The number of fused-ring (bicyclic) bond motifs is 4. The molecule has 5 rings (SSSR count).